The van der Waals surface area contributed by atoms with E-state index in [0.717, 1.165) is 18.7 Å². The first-order valence-electron chi connectivity index (χ1n) is 9.60. The van der Waals surface area contributed by atoms with Crippen LogP contribution in [0.25, 0.3) is 11.5 Å². The molecule has 1 aromatic heterocycles. The summed E-state index contributed by atoms with van der Waals surface area (Å²) in [6, 6.07) is 17.6. The molecule has 2 aromatic carbocycles. The number of hydrogen-bond donors (Lipinski definition) is 1. The number of benzene rings is 2. The third-order valence-corrected chi connectivity index (χ3v) is 4.82. The third-order valence-electron chi connectivity index (χ3n) is 4.82. The van der Waals surface area contributed by atoms with Crippen LogP contribution in [-0.4, -0.2) is 40.6 Å². The molecule has 1 atom stereocenters. The Morgan fingerprint density at radius 1 is 1.07 bits per heavy atom. The van der Waals surface area contributed by atoms with Crippen molar-refractivity contribution >= 4 is 5.91 Å². The van der Waals surface area contributed by atoms with Gasteiger partial charge in [0.15, 0.2) is 5.82 Å². The number of amides is 1. The van der Waals surface area contributed by atoms with Crippen molar-refractivity contribution in [3.05, 3.63) is 71.5 Å². The number of carbonyl (C=O) groups excluding carboxylic acids is 1. The summed E-state index contributed by atoms with van der Waals surface area (Å²) in [6.45, 7) is 8.44. The monoisotopic (exact) mass is 378 g/mol. The van der Waals surface area contributed by atoms with Gasteiger partial charge in [0.1, 0.15) is 0 Å². The van der Waals surface area contributed by atoms with Gasteiger partial charge in [-0.3, -0.25) is 9.69 Å². The summed E-state index contributed by atoms with van der Waals surface area (Å²) in [4.78, 5) is 19.2. The Hall–Kier alpha value is -2.99. The summed E-state index contributed by atoms with van der Waals surface area (Å²) >= 11 is 0. The second-order valence-corrected chi connectivity index (χ2v) is 6.58. The number of aryl methyl sites for hydroxylation is 1. The predicted octanol–water partition coefficient (Wildman–Crippen LogP) is 3.86. The molecular formula is C22H26N4O2. The fraction of sp³-hybridized carbons (Fsp3) is 0.318. The van der Waals surface area contributed by atoms with Crippen LogP contribution in [0.15, 0.2) is 59.1 Å². The maximum absolute atomic E-state index is 12.7. The molecule has 28 heavy (non-hydrogen) atoms. The summed E-state index contributed by atoms with van der Waals surface area (Å²) in [6.07, 6.45) is 0. The summed E-state index contributed by atoms with van der Waals surface area (Å²) in [5.74, 6) is 0.941. The highest BCUT2D eigenvalue weighted by atomic mass is 16.5. The van der Waals surface area contributed by atoms with Crippen molar-refractivity contribution < 1.29 is 9.32 Å². The lowest BCUT2D eigenvalue weighted by Crippen LogP contribution is -2.38. The standard InChI is InChI=1S/C22H26N4O2/c1-4-26(5-2)20(17-9-7-6-8-10-17)15-23-21(27)18-11-13-19(14-12-18)22-24-16(3)25-28-22/h6-14,20H,4-5,15H2,1-3H3,(H,23,27). The molecule has 1 N–H and O–H groups in total. The van der Waals surface area contributed by atoms with Gasteiger partial charge in [-0.1, -0.05) is 49.3 Å². The fourth-order valence-corrected chi connectivity index (χ4v) is 3.27. The Balaban J connectivity index is 1.68. The molecule has 3 rings (SSSR count). The maximum atomic E-state index is 12.7. The van der Waals surface area contributed by atoms with Gasteiger partial charge in [0.25, 0.3) is 11.8 Å². The molecule has 0 fully saturated rings. The van der Waals surface area contributed by atoms with E-state index in [4.69, 9.17) is 4.52 Å². The smallest absolute Gasteiger partial charge is 0.257 e. The molecule has 0 aliphatic carbocycles. The van der Waals surface area contributed by atoms with E-state index >= 15 is 0 Å². The average molecular weight is 378 g/mol. The minimum atomic E-state index is -0.0960. The Labute approximate surface area is 165 Å². The number of likely N-dealkylation sites (N-methyl/N-ethyl adjacent to an activating group) is 1. The minimum Gasteiger partial charge on any atom is -0.350 e. The predicted molar refractivity (Wildman–Crippen MR) is 109 cm³/mol. The molecule has 0 spiro atoms. The van der Waals surface area contributed by atoms with E-state index in [1.165, 1.54) is 5.56 Å². The van der Waals surface area contributed by atoms with E-state index in [1.54, 1.807) is 19.1 Å². The molecule has 0 aliphatic heterocycles. The van der Waals surface area contributed by atoms with Gasteiger partial charge in [-0.05, 0) is 49.8 Å². The lowest BCUT2D eigenvalue weighted by atomic mass is 10.0. The van der Waals surface area contributed by atoms with Crippen molar-refractivity contribution in [2.45, 2.75) is 26.8 Å². The number of hydrogen-bond acceptors (Lipinski definition) is 5. The first-order chi connectivity index (χ1) is 13.6. The number of nitrogens with zero attached hydrogens (tertiary/aromatic N) is 3. The summed E-state index contributed by atoms with van der Waals surface area (Å²) in [7, 11) is 0. The van der Waals surface area contributed by atoms with Gasteiger partial charge in [0.2, 0.25) is 0 Å². The van der Waals surface area contributed by atoms with Crippen molar-refractivity contribution in [3.8, 4) is 11.5 Å². The molecule has 0 bridgehead atoms. The summed E-state index contributed by atoms with van der Waals surface area (Å²) in [5.41, 5.74) is 2.60. The van der Waals surface area contributed by atoms with Crippen LogP contribution < -0.4 is 5.32 Å². The van der Waals surface area contributed by atoms with Crippen LogP contribution >= 0.6 is 0 Å². The van der Waals surface area contributed by atoms with Crippen LogP contribution in [-0.2, 0) is 0 Å². The molecule has 0 saturated heterocycles. The molecule has 1 amide bonds. The minimum absolute atomic E-state index is 0.0960. The Morgan fingerprint density at radius 2 is 1.75 bits per heavy atom. The molecule has 6 nitrogen and oxygen atoms in total. The van der Waals surface area contributed by atoms with Gasteiger partial charge in [-0.25, -0.2) is 0 Å². The highest BCUT2D eigenvalue weighted by Crippen LogP contribution is 2.20. The van der Waals surface area contributed by atoms with Gasteiger partial charge in [-0.15, -0.1) is 0 Å². The fourth-order valence-electron chi connectivity index (χ4n) is 3.27. The zero-order valence-electron chi connectivity index (χ0n) is 16.6. The molecule has 1 heterocycles. The van der Waals surface area contributed by atoms with E-state index in [9.17, 15) is 4.79 Å². The number of nitrogens with one attached hydrogen (secondary N) is 1. The number of rotatable bonds is 8. The van der Waals surface area contributed by atoms with Crippen molar-refractivity contribution in [2.24, 2.45) is 0 Å². The highest BCUT2D eigenvalue weighted by molar-refractivity contribution is 5.94. The van der Waals surface area contributed by atoms with Crippen LogP contribution in [0, 0.1) is 6.92 Å². The lowest BCUT2D eigenvalue weighted by molar-refractivity contribution is 0.0935. The summed E-state index contributed by atoms with van der Waals surface area (Å²) < 4.78 is 5.16. The second-order valence-electron chi connectivity index (χ2n) is 6.58. The summed E-state index contributed by atoms with van der Waals surface area (Å²) in [5, 5.41) is 6.87. The Kier molecular flexibility index (Phi) is 6.55. The molecule has 0 radical (unpaired) electrons. The van der Waals surface area contributed by atoms with E-state index in [-0.39, 0.29) is 11.9 Å². The third kappa shape index (κ3) is 4.64. The second kappa shape index (κ2) is 9.28. The van der Waals surface area contributed by atoms with Gasteiger partial charge in [0, 0.05) is 17.7 Å². The quantitative estimate of drug-likeness (QED) is 0.644. The van der Waals surface area contributed by atoms with Crippen molar-refractivity contribution in [3.63, 3.8) is 0 Å². The van der Waals surface area contributed by atoms with E-state index in [0.29, 0.717) is 23.8 Å². The molecule has 3 aromatic rings. The van der Waals surface area contributed by atoms with Crippen LogP contribution in [0.2, 0.25) is 0 Å². The molecular weight excluding hydrogens is 352 g/mol. The first-order valence-corrected chi connectivity index (χ1v) is 9.60. The number of carbonyl (C=O) groups is 1. The normalized spacial score (nSPS) is 12.1. The number of aromatic nitrogens is 2. The van der Waals surface area contributed by atoms with Crippen LogP contribution in [0.4, 0.5) is 0 Å². The zero-order chi connectivity index (χ0) is 19.9. The molecule has 0 aliphatic rings. The van der Waals surface area contributed by atoms with E-state index < -0.39 is 0 Å². The van der Waals surface area contributed by atoms with Gasteiger partial charge in [-0.2, -0.15) is 4.98 Å². The topological polar surface area (TPSA) is 71.3 Å². The lowest BCUT2D eigenvalue weighted by Gasteiger charge is -2.30. The van der Waals surface area contributed by atoms with Crippen LogP contribution in [0.5, 0.6) is 0 Å². The van der Waals surface area contributed by atoms with Crippen molar-refractivity contribution in [1.82, 2.24) is 20.4 Å². The van der Waals surface area contributed by atoms with Crippen LogP contribution in [0.3, 0.4) is 0 Å². The first kappa shape index (κ1) is 19.8. The van der Waals surface area contributed by atoms with Crippen molar-refractivity contribution in [1.29, 1.82) is 0 Å². The van der Waals surface area contributed by atoms with Gasteiger partial charge in [0.05, 0.1) is 6.04 Å². The highest BCUT2D eigenvalue weighted by Gasteiger charge is 2.19. The van der Waals surface area contributed by atoms with Gasteiger partial charge < -0.3 is 9.84 Å². The SMILES string of the molecule is CCN(CC)C(CNC(=O)c1ccc(-c2nc(C)no2)cc1)c1ccccc1. The Bertz CT molecular complexity index is 886. The van der Waals surface area contributed by atoms with Crippen molar-refractivity contribution in [2.75, 3.05) is 19.6 Å². The zero-order valence-corrected chi connectivity index (χ0v) is 16.6. The Morgan fingerprint density at radius 3 is 2.32 bits per heavy atom. The average Bonchev–Trinajstić information content (AvgIpc) is 3.18. The largest absolute Gasteiger partial charge is 0.350 e. The molecule has 0 saturated carbocycles. The molecule has 1 unspecified atom stereocenters. The maximum Gasteiger partial charge on any atom is 0.257 e. The van der Waals surface area contributed by atoms with Crippen LogP contribution in [0.1, 0.15) is 41.6 Å². The van der Waals surface area contributed by atoms with Gasteiger partial charge >= 0.3 is 0 Å². The van der Waals surface area contributed by atoms with E-state index in [1.807, 2.05) is 30.3 Å². The van der Waals surface area contributed by atoms with E-state index in [2.05, 4.69) is 46.3 Å². The molecule has 146 valence electrons. The molecule has 6 heteroatoms.